The third-order valence-electron chi connectivity index (χ3n) is 10.2. The Morgan fingerprint density at radius 3 is 1.59 bits per heavy atom. The van der Waals surface area contributed by atoms with Crippen LogP contribution >= 0.6 is 0 Å². The van der Waals surface area contributed by atoms with Crippen LogP contribution in [0.2, 0.25) is 0 Å². The first-order valence-corrected chi connectivity index (χ1v) is 17.4. The first kappa shape index (κ1) is 30.6. The number of rotatable bonds is 6. The average Bonchev–Trinajstić information content (AvgIpc) is 3.44. The van der Waals surface area contributed by atoms with Crippen LogP contribution in [0.15, 0.2) is 176 Å². The van der Waals surface area contributed by atoms with Crippen LogP contribution in [0.25, 0.3) is 78.4 Å². The normalized spacial score (nSPS) is 12.7. The highest BCUT2D eigenvalue weighted by Crippen LogP contribution is 2.49. The summed E-state index contributed by atoms with van der Waals surface area (Å²) in [5, 5.41) is 0. The Balaban J connectivity index is 1.04. The van der Waals surface area contributed by atoms with Crippen LogP contribution in [-0.4, -0.2) is 15.0 Å². The van der Waals surface area contributed by atoms with Gasteiger partial charge in [-0.05, 0) is 79.9 Å². The number of aromatic nitrogens is 3. The van der Waals surface area contributed by atoms with Crippen molar-refractivity contribution in [3.8, 4) is 78.4 Å². The van der Waals surface area contributed by atoms with Gasteiger partial charge in [0.15, 0.2) is 5.82 Å². The Kier molecular flexibility index (Phi) is 7.48. The Bertz CT molecular complexity index is 2520. The molecule has 0 aliphatic heterocycles. The van der Waals surface area contributed by atoms with Gasteiger partial charge >= 0.3 is 0 Å². The number of nitrogens with zero attached hydrogens (tertiary/aromatic N) is 3. The van der Waals surface area contributed by atoms with E-state index in [-0.39, 0.29) is 5.41 Å². The topological polar surface area (TPSA) is 38.7 Å². The predicted molar refractivity (Wildman–Crippen MR) is 210 cm³/mol. The molecule has 1 aliphatic rings. The van der Waals surface area contributed by atoms with Crippen LogP contribution in [0.1, 0.15) is 25.0 Å². The van der Waals surface area contributed by atoms with Crippen LogP contribution in [0.4, 0.5) is 0 Å². The van der Waals surface area contributed by atoms with Crippen LogP contribution in [0.3, 0.4) is 0 Å². The third kappa shape index (κ3) is 5.63. The van der Waals surface area contributed by atoms with Gasteiger partial charge < -0.3 is 0 Å². The van der Waals surface area contributed by atoms with Gasteiger partial charge in [0.1, 0.15) is 0 Å². The zero-order valence-electron chi connectivity index (χ0n) is 28.6. The van der Waals surface area contributed by atoms with Crippen molar-refractivity contribution in [3.05, 3.63) is 187 Å². The molecule has 1 aliphatic carbocycles. The number of pyridine rings is 1. The third-order valence-corrected chi connectivity index (χ3v) is 10.2. The zero-order chi connectivity index (χ0) is 34.4. The molecule has 0 saturated heterocycles. The highest BCUT2D eigenvalue weighted by Gasteiger charge is 2.35. The van der Waals surface area contributed by atoms with Crippen molar-refractivity contribution in [2.24, 2.45) is 0 Å². The molecule has 9 rings (SSSR count). The van der Waals surface area contributed by atoms with Gasteiger partial charge in [-0.25, -0.2) is 9.97 Å². The molecule has 0 N–H and O–H groups in total. The van der Waals surface area contributed by atoms with Crippen molar-refractivity contribution in [3.63, 3.8) is 0 Å². The molecule has 0 atom stereocenters. The lowest BCUT2D eigenvalue weighted by Crippen LogP contribution is -2.14. The second-order valence-corrected chi connectivity index (χ2v) is 13.7. The van der Waals surface area contributed by atoms with Gasteiger partial charge in [0.2, 0.25) is 0 Å². The maximum absolute atomic E-state index is 5.06. The molecule has 51 heavy (non-hydrogen) atoms. The van der Waals surface area contributed by atoms with Crippen LogP contribution < -0.4 is 0 Å². The van der Waals surface area contributed by atoms with E-state index in [9.17, 15) is 0 Å². The van der Waals surface area contributed by atoms with Crippen molar-refractivity contribution in [2.45, 2.75) is 19.3 Å². The summed E-state index contributed by atoms with van der Waals surface area (Å²) in [5.41, 5.74) is 17.3. The van der Waals surface area contributed by atoms with Crippen LogP contribution in [0.5, 0.6) is 0 Å². The number of benzene rings is 6. The molecule has 0 saturated carbocycles. The Hall–Kier alpha value is -6.45. The van der Waals surface area contributed by atoms with E-state index in [0.717, 1.165) is 44.8 Å². The summed E-state index contributed by atoms with van der Waals surface area (Å²) in [7, 11) is 0. The highest BCUT2D eigenvalue weighted by atomic mass is 14.9. The molecule has 0 fully saturated rings. The Morgan fingerprint density at radius 1 is 0.373 bits per heavy atom. The van der Waals surface area contributed by atoms with Gasteiger partial charge in [0, 0.05) is 34.5 Å². The number of fused-ring (bicyclic) bond motifs is 3. The lowest BCUT2D eigenvalue weighted by Gasteiger charge is -2.21. The molecule has 8 aromatic rings. The second-order valence-electron chi connectivity index (χ2n) is 13.7. The van der Waals surface area contributed by atoms with Crippen molar-refractivity contribution in [1.29, 1.82) is 0 Å². The van der Waals surface area contributed by atoms with E-state index in [4.69, 9.17) is 9.97 Å². The molecular weight excluding hydrogens is 619 g/mol. The lowest BCUT2D eigenvalue weighted by molar-refractivity contribution is 0.660. The van der Waals surface area contributed by atoms with Crippen LogP contribution in [0, 0.1) is 0 Å². The summed E-state index contributed by atoms with van der Waals surface area (Å²) in [6.07, 6.45) is 3.68. The lowest BCUT2D eigenvalue weighted by atomic mass is 9.82. The minimum absolute atomic E-state index is 0.00522. The minimum Gasteiger partial charge on any atom is -0.264 e. The second kappa shape index (κ2) is 12.5. The molecule has 0 unspecified atom stereocenters. The van der Waals surface area contributed by atoms with E-state index >= 15 is 0 Å². The van der Waals surface area contributed by atoms with Crippen molar-refractivity contribution < 1.29 is 0 Å². The molecular formula is C48H35N3. The molecule has 242 valence electrons. The number of hydrogen-bond donors (Lipinski definition) is 0. The van der Waals surface area contributed by atoms with Gasteiger partial charge in [-0.2, -0.15) is 0 Å². The first-order valence-electron chi connectivity index (χ1n) is 17.4. The van der Waals surface area contributed by atoms with Gasteiger partial charge in [-0.3, -0.25) is 4.98 Å². The summed E-state index contributed by atoms with van der Waals surface area (Å²) in [5.74, 6) is 0.705. The quantitative estimate of drug-likeness (QED) is 0.179. The van der Waals surface area contributed by atoms with Gasteiger partial charge in [-0.15, -0.1) is 0 Å². The summed E-state index contributed by atoms with van der Waals surface area (Å²) in [4.78, 5) is 14.4. The smallest absolute Gasteiger partial charge is 0.160 e. The predicted octanol–water partition coefficient (Wildman–Crippen LogP) is 12.2. The standard InChI is InChI=1S/C48H35N3/c1-48(2)43-16-7-6-15-41(43)42-29-39(25-26-44(42)48)38-13-8-12-37(28-38)32-17-21-34(22-18-32)45-30-46(51-47(50-45)36-10-4-3-5-11-36)35-23-19-33(20-24-35)40-14-9-27-49-31-40/h3-31H,1-2H3. The van der Waals surface area contributed by atoms with E-state index in [1.54, 1.807) is 6.20 Å². The van der Waals surface area contributed by atoms with E-state index in [1.807, 2.05) is 30.5 Å². The van der Waals surface area contributed by atoms with Crippen LogP contribution in [-0.2, 0) is 5.41 Å². The van der Waals surface area contributed by atoms with Gasteiger partial charge in [-0.1, -0.05) is 153 Å². The minimum atomic E-state index is 0.00522. The number of hydrogen-bond acceptors (Lipinski definition) is 3. The molecule has 2 aromatic heterocycles. The fourth-order valence-electron chi connectivity index (χ4n) is 7.44. The monoisotopic (exact) mass is 653 g/mol. The first-order chi connectivity index (χ1) is 25.0. The van der Waals surface area contributed by atoms with E-state index in [0.29, 0.717) is 5.82 Å². The largest absolute Gasteiger partial charge is 0.264 e. The van der Waals surface area contributed by atoms with E-state index in [2.05, 4.69) is 158 Å². The molecule has 0 bridgehead atoms. The summed E-state index contributed by atoms with van der Waals surface area (Å²) < 4.78 is 0. The summed E-state index contributed by atoms with van der Waals surface area (Å²) in [6, 6.07) is 58.2. The maximum atomic E-state index is 5.06. The Morgan fingerprint density at radius 2 is 0.902 bits per heavy atom. The fraction of sp³-hybridized carbons (Fsp3) is 0.0625. The molecule has 6 aromatic carbocycles. The average molecular weight is 654 g/mol. The Labute approximate surface area is 299 Å². The van der Waals surface area contributed by atoms with Gasteiger partial charge in [0.05, 0.1) is 11.4 Å². The molecule has 3 nitrogen and oxygen atoms in total. The van der Waals surface area contributed by atoms with Crippen molar-refractivity contribution >= 4 is 0 Å². The zero-order valence-corrected chi connectivity index (χ0v) is 28.6. The van der Waals surface area contributed by atoms with Crippen molar-refractivity contribution in [2.75, 3.05) is 0 Å². The molecule has 0 spiro atoms. The fourth-order valence-corrected chi connectivity index (χ4v) is 7.44. The molecule has 0 amide bonds. The van der Waals surface area contributed by atoms with E-state index < -0.39 is 0 Å². The molecule has 2 heterocycles. The molecule has 3 heteroatoms. The highest BCUT2D eigenvalue weighted by molar-refractivity contribution is 5.85. The maximum Gasteiger partial charge on any atom is 0.160 e. The SMILES string of the molecule is CC1(C)c2ccccc2-c2cc(-c3cccc(-c4ccc(-c5cc(-c6ccc(-c7cccnc7)cc6)nc(-c6ccccc6)n5)cc4)c3)ccc21. The summed E-state index contributed by atoms with van der Waals surface area (Å²) >= 11 is 0. The summed E-state index contributed by atoms with van der Waals surface area (Å²) in [6.45, 7) is 4.65. The molecule has 0 radical (unpaired) electrons. The van der Waals surface area contributed by atoms with E-state index in [1.165, 1.54) is 38.9 Å². The van der Waals surface area contributed by atoms with Gasteiger partial charge in [0.25, 0.3) is 0 Å². The van der Waals surface area contributed by atoms with Crippen molar-refractivity contribution in [1.82, 2.24) is 15.0 Å².